The van der Waals surface area contributed by atoms with E-state index in [-0.39, 0.29) is 9.63 Å². The Morgan fingerprint density at radius 2 is 2.05 bits per heavy atom. The van der Waals surface area contributed by atoms with Gasteiger partial charge in [0.15, 0.2) is 4.60 Å². The van der Waals surface area contributed by atoms with E-state index in [1.54, 1.807) is 7.05 Å². The fourth-order valence-corrected chi connectivity index (χ4v) is 4.99. The number of sulfonamides is 1. The molecule has 2 heterocycles. The molecule has 1 fully saturated rings. The van der Waals surface area contributed by atoms with Gasteiger partial charge in [-0.05, 0) is 28.9 Å². The van der Waals surface area contributed by atoms with E-state index in [0.29, 0.717) is 25.5 Å². The average Bonchev–Trinajstić information content (AvgIpc) is 2.62. The van der Waals surface area contributed by atoms with E-state index in [9.17, 15) is 8.42 Å². The van der Waals surface area contributed by atoms with Crippen molar-refractivity contribution in [2.45, 2.75) is 11.4 Å². The first kappa shape index (κ1) is 16.2. The molecule has 1 aromatic heterocycles. The lowest BCUT2D eigenvalue weighted by molar-refractivity contribution is 0.303. The number of aromatic nitrogens is 3. The maximum atomic E-state index is 12.7. The number of aryl methyl sites for hydroxylation is 1. The monoisotopic (exact) mass is 385 g/mol. The molecule has 0 aromatic carbocycles. The second kappa shape index (κ2) is 6.69. The minimum Gasteiger partial charge on any atom is -0.301 e. The van der Waals surface area contributed by atoms with Crippen LogP contribution in [0.3, 0.4) is 0 Å². The van der Waals surface area contributed by atoms with E-state index in [0.717, 1.165) is 19.5 Å². The molecule has 1 aromatic rings. The maximum absolute atomic E-state index is 12.7. The van der Waals surface area contributed by atoms with Crippen molar-refractivity contribution in [3.05, 3.63) is 4.60 Å². The smallest absolute Gasteiger partial charge is 0.263 e. The second-order valence-corrected chi connectivity index (χ2v) is 7.58. The summed E-state index contributed by atoms with van der Waals surface area (Å²) in [6.45, 7) is 3.29. The van der Waals surface area contributed by atoms with Crippen molar-refractivity contribution in [1.29, 1.82) is 0 Å². The minimum absolute atomic E-state index is 0.100. The molecule has 0 saturated carbocycles. The first-order valence-corrected chi connectivity index (χ1v) is 9.07. The molecule has 7 nitrogen and oxygen atoms in total. The largest absolute Gasteiger partial charge is 0.301 e. The molecule has 114 valence electrons. The number of hydrogen-bond donors (Lipinski definition) is 0. The number of halogens is 2. The minimum atomic E-state index is -3.58. The third-order valence-corrected chi connectivity index (χ3v) is 6.23. The van der Waals surface area contributed by atoms with Crippen LogP contribution in [-0.4, -0.2) is 71.2 Å². The summed E-state index contributed by atoms with van der Waals surface area (Å²) < 4.78 is 28.3. The normalized spacial score (nSPS) is 19.1. The van der Waals surface area contributed by atoms with E-state index in [2.05, 4.69) is 31.1 Å². The van der Waals surface area contributed by atoms with Crippen LogP contribution in [0.1, 0.15) is 6.42 Å². The molecule has 1 aliphatic heterocycles. The van der Waals surface area contributed by atoms with Crippen LogP contribution < -0.4 is 0 Å². The van der Waals surface area contributed by atoms with Gasteiger partial charge in [0.2, 0.25) is 5.03 Å². The summed E-state index contributed by atoms with van der Waals surface area (Å²) in [5.41, 5.74) is 0. The van der Waals surface area contributed by atoms with Crippen LogP contribution in [0.4, 0.5) is 0 Å². The molecule has 1 aliphatic rings. The van der Waals surface area contributed by atoms with Crippen molar-refractivity contribution >= 4 is 37.6 Å². The molecule has 0 bridgehead atoms. The molecule has 0 unspecified atom stereocenters. The SMILES string of the molecule is Cn1nnc(Br)c1S(=O)(=O)N1CCCN(CCCl)CC1. The van der Waals surface area contributed by atoms with Crippen molar-refractivity contribution in [2.24, 2.45) is 7.05 Å². The predicted octanol–water partition coefficient (Wildman–Crippen LogP) is 0.513. The number of nitrogens with zero attached hydrogens (tertiary/aromatic N) is 5. The molecule has 0 amide bonds. The third-order valence-electron chi connectivity index (χ3n) is 3.27. The number of hydrogen-bond acceptors (Lipinski definition) is 5. The third kappa shape index (κ3) is 3.33. The molecule has 0 aliphatic carbocycles. The lowest BCUT2D eigenvalue weighted by atomic mass is 10.4. The summed E-state index contributed by atoms with van der Waals surface area (Å²) in [6.07, 6.45) is 0.791. The Labute approximate surface area is 132 Å². The van der Waals surface area contributed by atoms with Gasteiger partial charge < -0.3 is 4.90 Å². The van der Waals surface area contributed by atoms with Crippen LogP contribution in [0.5, 0.6) is 0 Å². The van der Waals surface area contributed by atoms with Gasteiger partial charge in [-0.25, -0.2) is 13.1 Å². The van der Waals surface area contributed by atoms with Crippen molar-refractivity contribution in [3.8, 4) is 0 Å². The zero-order valence-electron chi connectivity index (χ0n) is 11.2. The topological polar surface area (TPSA) is 71.3 Å². The average molecular weight is 387 g/mol. The van der Waals surface area contributed by atoms with Gasteiger partial charge in [-0.2, -0.15) is 4.31 Å². The molecule has 2 rings (SSSR count). The molecule has 0 N–H and O–H groups in total. The van der Waals surface area contributed by atoms with Crippen LogP contribution in [0.2, 0.25) is 0 Å². The lowest BCUT2D eigenvalue weighted by Gasteiger charge is -2.20. The summed E-state index contributed by atoms with van der Waals surface area (Å²) in [5.74, 6) is 0.559. The Morgan fingerprint density at radius 1 is 1.30 bits per heavy atom. The van der Waals surface area contributed by atoms with Crippen LogP contribution in [-0.2, 0) is 17.1 Å². The first-order valence-electron chi connectivity index (χ1n) is 6.30. The van der Waals surface area contributed by atoms with Gasteiger partial charge >= 0.3 is 0 Å². The quantitative estimate of drug-likeness (QED) is 0.705. The molecule has 0 radical (unpaired) electrons. The Morgan fingerprint density at radius 3 is 2.65 bits per heavy atom. The van der Waals surface area contributed by atoms with Crippen LogP contribution >= 0.6 is 27.5 Å². The highest BCUT2D eigenvalue weighted by Gasteiger charge is 2.32. The molecular weight excluding hydrogens is 370 g/mol. The van der Waals surface area contributed by atoms with Gasteiger partial charge in [0.25, 0.3) is 10.0 Å². The fraction of sp³-hybridized carbons (Fsp3) is 0.800. The summed E-state index contributed by atoms with van der Waals surface area (Å²) in [4.78, 5) is 2.18. The molecular formula is C10H17BrClN5O2S. The van der Waals surface area contributed by atoms with Crippen molar-refractivity contribution in [1.82, 2.24) is 24.2 Å². The van der Waals surface area contributed by atoms with E-state index in [1.165, 1.54) is 8.99 Å². The Kier molecular flexibility index (Phi) is 5.41. The number of alkyl halides is 1. The predicted molar refractivity (Wildman–Crippen MR) is 79.2 cm³/mol. The second-order valence-electron chi connectivity index (χ2n) is 4.60. The van der Waals surface area contributed by atoms with Crippen LogP contribution in [0.15, 0.2) is 9.63 Å². The van der Waals surface area contributed by atoms with Crippen LogP contribution in [0.25, 0.3) is 0 Å². The fourth-order valence-electron chi connectivity index (χ4n) is 2.25. The summed E-state index contributed by atoms with van der Waals surface area (Å²) in [6, 6.07) is 0. The molecule has 1 saturated heterocycles. The Balaban J connectivity index is 2.18. The van der Waals surface area contributed by atoms with E-state index in [4.69, 9.17) is 11.6 Å². The molecule has 20 heavy (non-hydrogen) atoms. The summed E-state index contributed by atoms with van der Waals surface area (Å²) in [7, 11) is -2.01. The van der Waals surface area contributed by atoms with Gasteiger partial charge in [-0.3, -0.25) is 0 Å². The van der Waals surface area contributed by atoms with Gasteiger partial charge in [0.1, 0.15) is 0 Å². The van der Waals surface area contributed by atoms with Crippen LogP contribution in [0, 0.1) is 0 Å². The molecule has 0 atom stereocenters. The van der Waals surface area contributed by atoms with Gasteiger partial charge in [-0.1, -0.05) is 5.21 Å². The Bertz CT molecular complexity index is 544. The van der Waals surface area contributed by atoms with Crippen molar-refractivity contribution in [3.63, 3.8) is 0 Å². The zero-order valence-corrected chi connectivity index (χ0v) is 14.3. The van der Waals surface area contributed by atoms with E-state index >= 15 is 0 Å². The maximum Gasteiger partial charge on any atom is 0.263 e. The van der Waals surface area contributed by atoms with Crippen molar-refractivity contribution in [2.75, 3.05) is 38.6 Å². The lowest BCUT2D eigenvalue weighted by Crippen LogP contribution is -2.36. The highest BCUT2D eigenvalue weighted by Crippen LogP contribution is 2.23. The van der Waals surface area contributed by atoms with E-state index in [1.807, 2.05) is 0 Å². The highest BCUT2D eigenvalue weighted by molar-refractivity contribution is 9.10. The zero-order chi connectivity index (χ0) is 14.8. The summed E-state index contributed by atoms with van der Waals surface area (Å²) >= 11 is 8.89. The van der Waals surface area contributed by atoms with Gasteiger partial charge in [0.05, 0.1) is 0 Å². The molecule has 10 heteroatoms. The highest BCUT2D eigenvalue weighted by atomic mass is 79.9. The molecule has 0 spiro atoms. The summed E-state index contributed by atoms with van der Waals surface area (Å²) in [5, 5.41) is 7.57. The van der Waals surface area contributed by atoms with E-state index < -0.39 is 10.0 Å². The van der Waals surface area contributed by atoms with Crippen molar-refractivity contribution < 1.29 is 8.42 Å². The van der Waals surface area contributed by atoms with Gasteiger partial charge in [-0.15, -0.1) is 16.7 Å². The Hall–Kier alpha value is -0.220. The van der Waals surface area contributed by atoms with Gasteiger partial charge in [0, 0.05) is 39.1 Å². The first-order chi connectivity index (χ1) is 9.46. The standard InChI is InChI=1S/C10H17BrClN5O2S/c1-15-10(9(11)13-14-15)20(18,19)17-5-2-4-16(6-3-12)7-8-17/h2-8H2,1H3. The number of rotatable bonds is 4.